The number of hydrogen-bond acceptors (Lipinski definition) is 6. The number of nitrogens with zero attached hydrogens (tertiary/aromatic N) is 5. The number of nitrogens with one attached hydrogen (secondary N) is 1. The molecular formula is C21H19FN6O3. The third-order valence-electron chi connectivity index (χ3n) is 4.87. The minimum absolute atomic E-state index is 0.142. The number of aryl methyl sites for hydroxylation is 1. The number of aromatic hydroxyl groups is 1. The van der Waals surface area contributed by atoms with Crippen LogP contribution in [0.5, 0.6) is 5.75 Å². The number of phenols is 1. The van der Waals surface area contributed by atoms with Crippen molar-refractivity contribution in [3.8, 4) is 5.75 Å². The van der Waals surface area contributed by atoms with Gasteiger partial charge >= 0.3 is 5.69 Å². The van der Waals surface area contributed by atoms with Crippen molar-refractivity contribution in [1.29, 1.82) is 0 Å². The van der Waals surface area contributed by atoms with Crippen LogP contribution in [-0.4, -0.2) is 30.0 Å². The second kappa shape index (κ2) is 7.90. The zero-order valence-electron chi connectivity index (χ0n) is 16.8. The number of aromatic nitrogens is 4. The van der Waals surface area contributed by atoms with E-state index >= 15 is 0 Å². The number of phenolic OH excluding ortho intramolecular Hbond substituents is 1. The van der Waals surface area contributed by atoms with Gasteiger partial charge in [-0.05, 0) is 47.5 Å². The van der Waals surface area contributed by atoms with Crippen molar-refractivity contribution < 1.29 is 9.50 Å². The third kappa shape index (κ3) is 3.82. The molecule has 9 nitrogen and oxygen atoms in total. The van der Waals surface area contributed by atoms with E-state index in [0.717, 1.165) is 15.7 Å². The van der Waals surface area contributed by atoms with Gasteiger partial charge in [0.2, 0.25) is 5.95 Å². The first-order valence-electron chi connectivity index (χ1n) is 9.34. The summed E-state index contributed by atoms with van der Waals surface area (Å²) >= 11 is 0. The molecule has 2 N–H and O–H groups in total. The van der Waals surface area contributed by atoms with E-state index in [1.165, 1.54) is 49.1 Å². The Morgan fingerprint density at radius 3 is 2.42 bits per heavy atom. The highest BCUT2D eigenvalue weighted by atomic mass is 19.1. The Balaban J connectivity index is 1.80. The van der Waals surface area contributed by atoms with Crippen molar-refractivity contribution in [2.24, 2.45) is 19.2 Å². The topological polar surface area (TPSA) is 106 Å². The lowest BCUT2D eigenvalue weighted by Crippen LogP contribution is -2.37. The highest BCUT2D eigenvalue weighted by Crippen LogP contribution is 2.18. The molecule has 0 aliphatic carbocycles. The number of hydrazone groups is 1. The summed E-state index contributed by atoms with van der Waals surface area (Å²) in [6.07, 6.45) is 1.53. The second-order valence-corrected chi connectivity index (χ2v) is 6.99. The lowest BCUT2D eigenvalue weighted by atomic mass is 10.2. The monoisotopic (exact) mass is 422 g/mol. The summed E-state index contributed by atoms with van der Waals surface area (Å²) in [5, 5.41) is 13.5. The predicted molar refractivity (Wildman–Crippen MR) is 115 cm³/mol. The van der Waals surface area contributed by atoms with Crippen LogP contribution in [0.2, 0.25) is 0 Å². The van der Waals surface area contributed by atoms with E-state index in [1.54, 1.807) is 28.8 Å². The molecule has 0 spiro atoms. The van der Waals surface area contributed by atoms with E-state index in [0.29, 0.717) is 0 Å². The zero-order chi connectivity index (χ0) is 22.1. The van der Waals surface area contributed by atoms with Gasteiger partial charge in [-0.15, -0.1) is 0 Å². The molecule has 31 heavy (non-hydrogen) atoms. The van der Waals surface area contributed by atoms with E-state index in [1.807, 2.05) is 0 Å². The quantitative estimate of drug-likeness (QED) is 0.377. The highest BCUT2D eigenvalue weighted by Gasteiger charge is 2.19. The van der Waals surface area contributed by atoms with Gasteiger partial charge in [-0.3, -0.25) is 18.5 Å². The summed E-state index contributed by atoms with van der Waals surface area (Å²) in [5.41, 5.74) is 3.71. The predicted octanol–water partition coefficient (Wildman–Crippen LogP) is 1.77. The third-order valence-corrected chi connectivity index (χ3v) is 4.87. The number of halogens is 1. The number of hydrogen-bond donors (Lipinski definition) is 2. The smallest absolute Gasteiger partial charge is 0.332 e. The maximum atomic E-state index is 13.3. The molecule has 0 atom stereocenters. The molecule has 0 aliphatic rings. The SMILES string of the molecule is Cn1c(=O)c2c(nc(N/N=C\c3ccc(O)cc3)n2Cc2ccc(F)cc2)n(C)c1=O. The van der Waals surface area contributed by atoms with Crippen molar-refractivity contribution in [2.45, 2.75) is 6.54 Å². The molecule has 0 radical (unpaired) electrons. The van der Waals surface area contributed by atoms with Crippen LogP contribution in [-0.2, 0) is 20.6 Å². The Hall–Kier alpha value is -4.21. The molecule has 158 valence electrons. The molecular weight excluding hydrogens is 403 g/mol. The van der Waals surface area contributed by atoms with Crippen molar-refractivity contribution >= 4 is 23.3 Å². The van der Waals surface area contributed by atoms with Crippen LogP contribution in [0.25, 0.3) is 11.2 Å². The molecule has 0 unspecified atom stereocenters. The second-order valence-electron chi connectivity index (χ2n) is 6.99. The maximum absolute atomic E-state index is 13.3. The van der Waals surface area contributed by atoms with Gasteiger partial charge in [-0.2, -0.15) is 10.1 Å². The molecule has 0 fully saturated rings. The van der Waals surface area contributed by atoms with Crippen LogP contribution in [0, 0.1) is 5.82 Å². The lowest BCUT2D eigenvalue weighted by molar-refractivity contribution is 0.475. The molecule has 0 aliphatic heterocycles. The van der Waals surface area contributed by atoms with Crippen molar-refractivity contribution in [3.63, 3.8) is 0 Å². The van der Waals surface area contributed by atoms with Gasteiger partial charge in [0.05, 0.1) is 12.8 Å². The molecule has 10 heteroatoms. The van der Waals surface area contributed by atoms with E-state index < -0.39 is 11.2 Å². The van der Waals surface area contributed by atoms with Gasteiger partial charge < -0.3 is 5.11 Å². The average molecular weight is 422 g/mol. The fraction of sp³-hybridized carbons (Fsp3) is 0.143. The summed E-state index contributed by atoms with van der Waals surface area (Å²) in [6.45, 7) is 0.210. The van der Waals surface area contributed by atoms with Crippen LogP contribution in [0.4, 0.5) is 10.3 Å². The summed E-state index contributed by atoms with van der Waals surface area (Å²) in [6, 6.07) is 12.3. The van der Waals surface area contributed by atoms with Crippen LogP contribution >= 0.6 is 0 Å². The normalized spacial score (nSPS) is 11.5. The average Bonchev–Trinajstić information content (AvgIpc) is 3.12. The minimum atomic E-state index is -0.497. The molecule has 0 bridgehead atoms. The van der Waals surface area contributed by atoms with Gasteiger partial charge in [-0.1, -0.05) is 12.1 Å². The summed E-state index contributed by atoms with van der Waals surface area (Å²) in [7, 11) is 2.93. The minimum Gasteiger partial charge on any atom is -0.508 e. The summed E-state index contributed by atoms with van der Waals surface area (Å²) in [5.74, 6) is 0.0185. The summed E-state index contributed by atoms with van der Waals surface area (Å²) < 4.78 is 17.2. The summed E-state index contributed by atoms with van der Waals surface area (Å²) in [4.78, 5) is 29.6. The Bertz CT molecular complexity index is 1400. The molecule has 0 saturated heterocycles. The molecule has 4 rings (SSSR count). The fourth-order valence-corrected chi connectivity index (χ4v) is 3.18. The number of rotatable bonds is 5. The number of fused-ring (bicyclic) bond motifs is 1. The molecule has 2 heterocycles. The molecule has 0 amide bonds. The van der Waals surface area contributed by atoms with Gasteiger partial charge in [0.15, 0.2) is 11.2 Å². The van der Waals surface area contributed by atoms with Crippen LogP contribution in [0.3, 0.4) is 0 Å². The molecule has 2 aromatic carbocycles. The first kappa shape index (κ1) is 20.1. The van der Waals surface area contributed by atoms with E-state index in [9.17, 15) is 19.1 Å². The number of imidazole rings is 1. The van der Waals surface area contributed by atoms with Crippen LogP contribution in [0.15, 0.2) is 63.2 Å². The highest BCUT2D eigenvalue weighted by molar-refractivity contribution is 5.80. The van der Waals surface area contributed by atoms with E-state index in [-0.39, 0.29) is 35.2 Å². The first-order chi connectivity index (χ1) is 14.8. The van der Waals surface area contributed by atoms with Crippen LogP contribution in [0.1, 0.15) is 11.1 Å². The van der Waals surface area contributed by atoms with Crippen molar-refractivity contribution in [1.82, 2.24) is 18.7 Å². The van der Waals surface area contributed by atoms with Gasteiger partial charge in [-0.25, -0.2) is 14.6 Å². The Morgan fingerprint density at radius 1 is 1.06 bits per heavy atom. The molecule has 2 aromatic heterocycles. The van der Waals surface area contributed by atoms with Crippen LogP contribution < -0.4 is 16.7 Å². The van der Waals surface area contributed by atoms with Gasteiger partial charge in [0.1, 0.15) is 11.6 Å². The van der Waals surface area contributed by atoms with Gasteiger partial charge in [0, 0.05) is 14.1 Å². The standard InChI is InChI=1S/C21H19FN6O3/c1-26-18-17(19(30)27(2)21(26)31)28(12-14-3-7-15(22)8-4-14)20(24-18)25-23-11-13-5-9-16(29)10-6-13/h3-11,29H,12H2,1-2H3,(H,24,25)/b23-11-. The Kier molecular flexibility index (Phi) is 5.12. The van der Waals surface area contributed by atoms with Crippen molar-refractivity contribution in [2.75, 3.05) is 5.43 Å². The maximum Gasteiger partial charge on any atom is 0.332 e. The van der Waals surface area contributed by atoms with Crippen molar-refractivity contribution in [3.05, 3.63) is 86.3 Å². The molecule has 0 saturated carbocycles. The Labute approximate surface area is 175 Å². The van der Waals surface area contributed by atoms with E-state index in [4.69, 9.17) is 0 Å². The fourth-order valence-electron chi connectivity index (χ4n) is 3.18. The lowest BCUT2D eigenvalue weighted by Gasteiger charge is -2.09. The van der Waals surface area contributed by atoms with E-state index in [2.05, 4.69) is 15.5 Å². The largest absolute Gasteiger partial charge is 0.508 e. The zero-order valence-corrected chi connectivity index (χ0v) is 16.8. The van der Waals surface area contributed by atoms with Gasteiger partial charge in [0.25, 0.3) is 5.56 Å². The Morgan fingerprint density at radius 2 is 1.74 bits per heavy atom. The number of anilines is 1. The number of benzene rings is 2. The molecule has 4 aromatic rings. The first-order valence-corrected chi connectivity index (χ1v) is 9.34.